The second-order valence-electron chi connectivity index (χ2n) is 4.47. The summed E-state index contributed by atoms with van der Waals surface area (Å²) >= 11 is 0. The fraction of sp³-hybridized carbons (Fsp3) is 0.571. The number of hydrogen-bond donors (Lipinski definition) is 1. The highest BCUT2D eigenvalue weighted by Gasteiger charge is 2.20. The quantitative estimate of drug-likeness (QED) is 0.622. The van der Waals surface area contributed by atoms with Crippen molar-refractivity contribution in [2.24, 2.45) is 0 Å². The zero-order chi connectivity index (χ0) is 12.8. The molecular formula is C14H21NO3. The van der Waals surface area contributed by atoms with E-state index in [2.05, 4.69) is 17.6 Å². The monoisotopic (exact) mass is 251 g/mol. The van der Waals surface area contributed by atoms with E-state index in [-0.39, 0.29) is 6.04 Å². The topological polar surface area (TPSA) is 39.7 Å². The first kappa shape index (κ1) is 13.3. The van der Waals surface area contributed by atoms with Crippen molar-refractivity contribution in [1.29, 1.82) is 0 Å². The smallest absolute Gasteiger partial charge is 0.119 e. The molecule has 100 valence electrons. The highest BCUT2D eigenvalue weighted by Crippen LogP contribution is 2.32. The molecule has 1 aromatic rings. The molecule has 1 N–H and O–H groups in total. The summed E-state index contributed by atoms with van der Waals surface area (Å²) in [4.78, 5) is 5.42. The van der Waals surface area contributed by atoms with Gasteiger partial charge in [0.2, 0.25) is 0 Å². The predicted octanol–water partition coefficient (Wildman–Crippen LogP) is 2.24. The number of benzene rings is 1. The van der Waals surface area contributed by atoms with Gasteiger partial charge in [-0.15, -0.1) is 0 Å². The zero-order valence-electron chi connectivity index (χ0n) is 11.1. The Morgan fingerprint density at radius 1 is 1.28 bits per heavy atom. The van der Waals surface area contributed by atoms with Crippen LogP contribution in [0.4, 0.5) is 0 Å². The van der Waals surface area contributed by atoms with Gasteiger partial charge >= 0.3 is 0 Å². The van der Waals surface area contributed by atoms with Crippen molar-refractivity contribution in [1.82, 2.24) is 5.48 Å². The fourth-order valence-electron chi connectivity index (χ4n) is 2.32. The molecular weight excluding hydrogens is 230 g/mol. The fourth-order valence-corrected chi connectivity index (χ4v) is 2.32. The number of ether oxygens (including phenoxy) is 2. The van der Waals surface area contributed by atoms with E-state index in [1.807, 2.05) is 6.07 Å². The van der Waals surface area contributed by atoms with Gasteiger partial charge in [-0.05, 0) is 42.5 Å². The van der Waals surface area contributed by atoms with E-state index in [9.17, 15) is 0 Å². The first-order valence-electron chi connectivity index (χ1n) is 6.38. The van der Waals surface area contributed by atoms with E-state index < -0.39 is 0 Å². The highest BCUT2D eigenvalue weighted by atomic mass is 16.7. The minimum absolute atomic E-state index is 0.275. The largest absolute Gasteiger partial charge is 0.497 e. The van der Waals surface area contributed by atoms with E-state index in [0.717, 1.165) is 18.6 Å². The summed E-state index contributed by atoms with van der Waals surface area (Å²) in [5, 5.41) is 0. The van der Waals surface area contributed by atoms with Gasteiger partial charge in [0.15, 0.2) is 0 Å². The lowest BCUT2D eigenvalue weighted by Gasteiger charge is -2.26. The van der Waals surface area contributed by atoms with Gasteiger partial charge in [-0.1, -0.05) is 6.07 Å². The molecule has 0 bridgehead atoms. The van der Waals surface area contributed by atoms with Crippen LogP contribution in [0.2, 0.25) is 0 Å². The molecule has 0 saturated carbocycles. The Hall–Kier alpha value is -1.10. The van der Waals surface area contributed by atoms with Gasteiger partial charge in [0, 0.05) is 7.11 Å². The maximum Gasteiger partial charge on any atom is 0.119 e. The summed E-state index contributed by atoms with van der Waals surface area (Å²) in [7, 11) is 3.37. The molecule has 0 heterocycles. The highest BCUT2D eigenvalue weighted by molar-refractivity contribution is 5.38. The average molecular weight is 251 g/mol. The summed E-state index contributed by atoms with van der Waals surface area (Å²) in [5.41, 5.74) is 5.80. The van der Waals surface area contributed by atoms with Crippen molar-refractivity contribution >= 4 is 0 Å². The molecule has 4 heteroatoms. The third-order valence-corrected chi connectivity index (χ3v) is 3.28. The van der Waals surface area contributed by atoms with Crippen LogP contribution in [-0.4, -0.2) is 27.4 Å². The first-order valence-corrected chi connectivity index (χ1v) is 6.38. The summed E-state index contributed by atoms with van der Waals surface area (Å²) < 4.78 is 10.2. The molecule has 1 aliphatic rings. The van der Waals surface area contributed by atoms with E-state index in [1.165, 1.54) is 17.5 Å². The minimum atomic E-state index is 0.275. The van der Waals surface area contributed by atoms with Crippen molar-refractivity contribution in [2.75, 3.05) is 27.4 Å². The standard InChI is InChI=1S/C14H21NO3/c1-16-8-9-18-15-14-5-3-4-11-10-12(17-2)6-7-13(11)14/h6-7,10,14-15H,3-5,8-9H2,1-2H3. The normalized spacial score (nSPS) is 18.4. The minimum Gasteiger partial charge on any atom is -0.497 e. The van der Waals surface area contributed by atoms with Crippen molar-refractivity contribution in [3.63, 3.8) is 0 Å². The van der Waals surface area contributed by atoms with Crippen LogP contribution in [0.5, 0.6) is 5.75 Å². The van der Waals surface area contributed by atoms with Gasteiger partial charge in [-0.3, -0.25) is 4.84 Å². The lowest BCUT2D eigenvalue weighted by atomic mass is 9.88. The van der Waals surface area contributed by atoms with E-state index in [4.69, 9.17) is 14.3 Å². The average Bonchev–Trinajstić information content (AvgIpc) is 2.43. The summed E-state index contributed by atoms with van der Waals surface area (Å²) in [6.07, 6.45) is 3.39. The lowest BCUT2D eigenvalue weighted by Crippen LogP contribution is -2.26. The summed E-state index contributed by atoms with van der Waals surface area (Å²) in [6, 6.07) is 6.54. The van der Waals surface area contributed by atoms with Gasteiger partial charge in [0.25, 0.3) is 0 Å². The third kappa shape index (κ3) is 3.22. The summed E-state index contributed by atoms with van der Waals surface area (Å²) in [6.45, 7) is 1.17. The zero-order valence-corrected chi connectivity index (χ0v) is 11.1. The van der Waals surface area contributed by atoms with Crippen molar-refractivity contribution in [3.8, 4) is 5.75 Å². The maximum absolute atomic E-state index is 5.42. The molecule has 1 aliphatic carbocycles. The van der Waals surface area contributed by atoms with Gasteiger partial charge < -0.3 is 9.47 Å². The molecule has 0 amide bonds. The molecule has 0 radical (unpaired) electrons. The Kier molecular flexibility index (Phi) is 4.99. The molecule has 0 saturated heterocycles. The summed E-state index contributed by atoms with van der Waals surface area (Å²) in [5.74, 6) is 0.926. The maximum atomic E-state index is 5.42. The van der Waals surface area contributed by atoms with Crippen LogP contribution < -0.4 is 10.2 Å². The van der Waals surface area contributed by atoms with Crippen LogP contribution >= 0.6 is 0 Å². The van der Waals surface area contributed by atoms with Crippen LogP contribution in [0.3, 0.4) is 0 Å². The third-order valence-electron chi connectivity index (χ3n) is 3.28. The SMILES string of the molecule is COCCONC1CCCc2cc(OC)ccc21. The number of methoxy groups -OCH3 is 2. The van der Waals surface area contributed by atoms with Crippen molar-refractivity contribution < 1.29 is 14.3 Å². The predicted molar refractivity (Wildman–Crippen MR) is 69.6 cm³/mol. The van der Waals surface area contributed by atoms with Crippen LogP contribution in [0, 0.1) is 0 Å². The molecule has 4 nitrogen and oxygen atoms in total. The van der Waals surface area contributed by atoms with Crippen molar-refractivity contribution in [3.05, 3.63) is 29.3 Å². The number of fused-ring (bicyclic) bond motifs is 1. The molecule has 1 aromatic carbocycles. The van der Waals surface area contributed by atoms with Crippen LogP contribution in [0.15, 0.2) is 18.2 Å². The lowest BCUT2D eigenvalue weighted by molar-refractivity contribution is -0.0153. The molecule has 0 aliphatic heterocycles. The van der Waals surface area contributed by atoms with E-state index in [1.54, 1.807) is 14.2 Å². The Morgan fingerprint density at radius 3 is 2.94 bits per heavy atom. The van der Waals surface area contributed by atoms with E-state index in [0.29, 0.717) is 13.2 Å². The number of rotatable bonds is 6. The number of aryl methyl sites for hydroxylation is 1. The molecule has 1 unspecified atom stereocenters. The van der Waals surface area contributed by atoms with Gasteiger partial charge in [0.1, 0.15) is 5.75 Å². The number of hydrogen-bond acceptors (Lipinski definition) is 4. The Morgan fingerprint density at radius 2 is 2.17 bits per heavy atom. The van der Waals surface area contributed by atoms with E-state index >= 15 is 0 Å². The second kappa shape index (κ2) is 6.73. The number of hydroxylamine groups is 1. The van der Waals surface area contributed by atoms with Gasteiger partial charge in [-0.25, -0.2) is 0 Å². The van der Waals surface area contributed by atoms with Crippen molar-refractivity contribution in [2.45, 2.75) is 25.3 Å². The van der Waals surface area contributed by atoms with Crippen LogP contribution in [0.1, 0.15) is 30.0 Å². The Labute approximate surface area is 108 Å². The number of nitrogens with one attached hydrogen (secondary N) is 1. The Balaban J connectivity index is 1.99. The van der Waals surface area contributed by atoms with Crippen LogP contribution in [-0.2, 0) is 16.0 Å². The molecule has 0 spiro atoms. The Bertz CT molecular complexity index is 381. The molecule has 18 heavy (non-hydrogen) atoms. The molecule has 0 aromatic heterocycles. The molecule has 2 rings (SSSR count). The molecule has 1 atom stereocenters. The van der Waals surface area contributed by atoms with Gasteiger partial charge in [0.05, 0.1) is 26.4 Å². The second-order valence-corrected chi connectivity index (χ2v) is 4.47. The molecule has 0 fully saturated rings. The van der Waals surface area contributed by atoms with Gasteiger partial charge in [-0.2, -0.15) is 5.48 Å². The van der Waals surface area contributed by atoms with Crippen LogP contribution in [0.25, 0.3) is 0 Å². The first-order chi connectivity index (χ1) is 8.85.